The number of nitrogens with one attached hydrogen (secondary N) is 1. The molecule has 0 saturated carbocycles. The predicted molar refractivity (Wildman–Crippen MR) is 145 cm³/mol. The summed E-state index contributed by atoms with van der Waals surface area (Å²) in [6.07, 6.45) is 7.77. The van der Waals surface area contributed by atoms with Gasteiger partial charge in [0.25, 0.3) is 0 Å². The van der Waals surface area contributed by atoms with E-state index in [4.69, 9.17) is 0 Å². The Balaban J connectivity index is 1.75. The molecule has 1 N–H and O–H groups in total. The molecular formula is C31H42FN3. The minimum Gasteiger partial charge on any atom is -0.381 e. The van der Waals surface area contributed by atoms with Crippen molar-refractivity contribution in [2.45, 2.75) is 86.4 Å². The molecule has 0 aliphatic carbocycles. The van der Waals surface area contributed by atoms with Gasteiger partial charge in [-0.3, -0.25) is 0 Å². The van der Waals surface area contributed by atoms with Crippen LogP contribution in [0.2, 0.25) is 0 Å². The fourth-order valence-electron chi connectivity index (χ4n) is 6.16. The van der Waals surface area contributed by atoms with Gasteiger partial charge < -0.3 is 15.1 Å². The molecule has 1 aromatic carbocycles. The van der Waals surface area contributed by atoms with E-state index < -0.39 is 0 Å². The van der Waals surface area contributed by atoms with Gasteiger partial charge in [-0.05, 0) is 69.6 Å². The molecule has 2 saturated heterocycles. The van der Waals surface area contributed by atoms with E-state index in [-0.39, 0.29) is 5.82 Å². The van der Waals surface area contributed by atoms with Crippen LogP contribution < -0.4 is 5.32 Å². The second-order valence-corrected chi connectivity index (χ2v) is 10.6. The van der Waals surface area contributed by atoms with Crippen molar-refractivity contribution in [2.24, 2.45) is 5.92 Å². The van der Waals surface area contributed by atoms with E-state index in [2.05, 4.69) is 75.4 Å². The van der Waals surface area contributed by atoms with Crippen molar-refractivity contribution in [3.63, 3.8) is 0 Å². The van der Waals surface area contributed by atoms with Crippen LogP contribution in [-0.4, -0.2) is 28.4 Å². The molecule has 0 aromatic heterocycles. The highest BCUT2D eigenvalue weighted by molar-refractivity contribution is 5.65. The van der Waals surface area contributed by atoms with Gasteiger partial charge in [0, 0.05) is 41.7 Å². The Kier molecular flexibility index (Phi) is 7.30. The van der Waals surface area contributed by atoms with E-state index in [1.807, 2.05) is 25.1 Å². The van der Waals surface area contributed by atoms with E-state index >= 15 is 0 Å². The van der Waals surface area contributed by atoms with Crippen LogP contribution in [0.5, 0.6) is 0 Å². The average Bonchev–Trinajstić information content (AvgIpc) is 3.25. The molecule has 35 heavy (non-hydrogen) atoms. The highest BCUT2D eigenvalue weighted by Gasteiger charge is 2.47. The number of aryl methyl sites for hydroxylation is 1. The lowest BCUT2D eigenvalue weighted by atomic mass is 9.85. The Morgan fingerprint density at radius 1 is 1.29 bits per heavy atom. The van der Waals surface area contributed by atoms with E-state index in [0.717, 1.165) is 31.5 Å². The molecule has 4 heteroatoms. The Morgan fingerprint density at radius 2 is 2.03 bits per heavy atom. The number of hydrogen-bond donors (Lipinski definition) is 1. The summed E-state index contributed by atoms with van der Waals surface area (Å²) in [4.78, 5) is 5.25. The van der Waals surface area contributed by atoms with Crippen LogP contribution in [0.4, 0.5) is 4.39 Å². The summed E-state index contributed by atoms with van der Waals surface area (Å²) < 4.78 is 14.7. The van der Waals surface area contributed by atoms with E-state index in [9.17, 15) is 4.39 Å². The lowest BCUT2D eigenvalue weighted by Gasteiger charge is -2.51. The van der Waals surface area contributed by atoms with Gasteiger partial charge >= 0.3 is 0 Å². The van der Waals surface area contributed by atoms with Crippen LogP contribution in [-0.2, 0) is 6.54 Å². The van der Waals surface area contributed by atoms with Crippen molar-refractivity contribution in [1.29, 1.82) is 0 Å². The molecule has 0 bridgehead atoms. The van der Waals surface area contributed by atoms with Gasteiger partial charge in [-0.25, -0.2) is 4.39 Å². The first-order valence-electron chi connectivity index (χ1n) is 13.3. The van der Waals surface area contributed by atoms with Crippen molar-refractivity contribution in [2.75, 3.05) is 6.54 Å². The average molecular weight is 476 g/mol. The van der Waals surface area contributed by atoms with Gasteiger partial charge in [0.05, 0.1) is 17.4 Å². The van der Waals surface area contributed by atoms with Gasteiger partial charge in [-0.15, -0.1) is 0 Å². The van der Waals surface area contributed by atoms with Gasteiger partial charge in [0.1, 0.15) is 5.82 Å². The summed E-state index contributed by atoms with van der Waals surface area (Å²) in [7, 11) is 0. The summed E-state index contributed by atoms with van der Waals surface area (Å²) in [5.41, 5.74) is 10.1. The molecule has 0 amide bonds. The van der Waals surface area contributed by atoms with Crippen LogP contribution in [0.15, 0.2) is 76.4 Å². The fourth-order valence-corrected chi connectivity index (χ4v) is 6.16. The molecule has 3 heterocycles. The van der Waals surface area contributed by atoms with Crippen LogP contribution in [0.25, 0.3) is 0 Å². The number of piperazine rings is 1. The van der Waals surface area contributed by atoms with Crippen molar-refractivity contribution in [1.82, 2.24) is 15.1 Å². The Hall–Kier alpha value is -2.75. The summed E-state index contributed by atoms with van der Waals surface area (Å²) in [6.45, 7) is 21.4. The lowest BCUT2D eigenvalue weighted by Crippen LogP contribution is -2.54. The summed E-state index contributed by atoms with van der Waals surface area (Å²) >= 11 is 0. The first-order chi connectivity index (χ1) is 16.7. The maximum Gasteiger partial charge on any atom is 0.131 e. The molecule has 2 atom stereocenters. The van der Waals surface area contributed by atoms with Gasteiger partial charge in [0.15, 0.2) is 0 Å². The number of hydrogen-bond acceptors (Lipinski definition) is 3. The number of benzene rings is 1. The van der Waals surface area contributed by atoms with Crippen molar-refractivity contribution in [3.05, 3.63) is 93.4 Å². The molecular weight excluding hydrogens is 433 g/mol. The minimum atomic E-state index is -0.134. The molecule has 3 aliphatic heterocycles. The maximum atomic E-state index is 14.7. The lowest BCUT2D eigenvalue weighted by molar-refractivity contribution is 0.121. The third-order valence-electron chi connectivity index (χ3n) is 7.77. The monoisotopic (exact) mass is 475 g/mol. The summed E-state index contributed by atoms with van der Waals surface area (Å²) in [6, 6.07) is 6.48. The topological polar surface area (TPSA) is 18.5 Å². The molecule has 0 spiro atoms. The van der Waals surface area contributed by atoms with E-state index in [1.165, 1.54) is 33.8 Å². The largest absolute Gasteiger partial charge is 0.381 e. The molecule has 2 fully saturated rings. The molecule has 3 aliphatic rings. The summed E-state index contributed by atoms with van der Waals surface area (Å²) in [5.74, 6) is 0.470. The quantitative estimate of drug-likeness (QED) is 0.445. The van der Waals surface area contributed by atoms with Crippen LogP contribution in [0.1, 0.15) is 71.9 Å². The van der Waals surface area contributed by atoms with Crippen LogP contribution in [0.3, 0.4) is 0 Å². The fraction of sp³-hybridized carbons (Fsp3) is 0.484. The van der Waals surface area contributed by atoms with Gasteiger partial charge in [-0.1, -0.05) is 57.7 Å². The molecule has 0 radical (unpaired) electrons. The third kappa shape index (κ3) is 4.37. The van der Waals surface area contributed by atoms with Gasteiger partial charge in [0.2, 0.25) is 0 Å². The molecule has 1 aromatic rings. The van der Waals surface area contributed by atoms with Crippen molar-refractivity contribution < 1.29 is 4.39 Å². The molecule has 2 unspecified atom stereocenters. The number of nitrogens with zero attached hydrogens (tertiary/aromatic N) is 2. The predicted octanol–water partition coefficient (Wildman–Crippen LogP) is 7.34. The van der Waals surface area contributed by atoms with E-state index in [0.29, 0.717) is 35.7 Å². The Labute approximate surface area is 211 Å². The first-order valence-corrected chi connectivity index (χ1v) is 13.3. The van der Waals surface area contributed by atoms with Crippen LogP contribution >= 0.6 is 0 Å². The highest BCUT2D eigenvalue weighted by Crippen LogP contribution is 2.51. The minimum absolute atomic E-state index is 0.134. The molecule has 188 valence electrons. The zero-order valence-electron chi connectivity index (χ0n) is 22.6. The zero-order valence-corrected chi connectivity index (χ0v) is 22.6. The third-order valence-corrected chi connectivity index (χ3v) is 7.77. The normalized spacial score (nSPS) is 24.3. The van der Waals surface area contributed by atoms with Crippen molar-refractivity contribution in [3.8, 4) is 0 Å². The SMILES string of the molecule is C=C(NCc1cccc(C)c1F)C1=C2CCC3C(C)N(CC(C)C)/C(=C\C)C(=C(C)/C1=C/CC)N23. The smallest absolute Gasteiger partial charge is 0.131 e. The molecule has 4 rings (SSSR count). The zero-order chi connectivity index (χ0) is 25.4. The second-order valence-electron chi connectivity index (χ2n) is 10.6. The summed E-state index contributed by atoms with van der Waals surface area (Å²) in [5, 5.41) is 3.49. The first kappa shape index (κ1) is 25.3. The highest BCUT2D eigenvalue weighted by atomic mass is 19.1. The molecule has 3 nitrogen and oxygen atoms in total. The Morgan fingerprint density at radius 3 is 2.69 bits per heavy atom. The number of allylic oxidation sites excluding steroid dienone is 5. The van der Waals surface area contributed by atoms with Crippen LogP contribution in [0, 0.1) is 18.7 Å². The number of rotatable bonds is 7. The second kappa shape index (κ2) is 10.1. The van der Waals surface area contributed by atoms with Crippen molar-refractivity contribution >= 4 is 0 Å². The Bertz CT molecular complexity index is 1130. The van der Waals surface area contributed by atoms with Gasteiger partial charge in [-0.2, -0.15) is 0 Å². The van der Waals surface area contributed by atoms with E-state index in [1.54, 1.807) is 0 Å². The maximum absolute atomic E-state index is 14.7. The number of halogens is 1. The standard InChI is InChI=1S/C31H42FN3/c1-9-12-25-21(6)31-26(10-2)34(18-19(3)4)23(8)27-15-16-28(35(27)31)29(25)22(7)33-17-24-14-11-13-20(5)30(24)32/h10-14,19,23,27,33H,7,9,15-18H2,1-6,8H3/b25-12-,26-10-.